The summed E-state index contributed by atoms with van der Waals surface area (Å²) in [5.74, 6) is 1.14. The Kier molecular flexibility index (Phi) is 5.73. The van der Waals surface area contributed by atoms with E-state index in [2.05, 4.69) is 12.2 Å². The summed E-state index contributed by atoms with van der Waals surface area (Å²) in [6.07, 6.45) is 3.47. The molecule has 0 aromatic carbocycles. The number of nitrogens with zero attached hydrogens (tertiary/aromatic N) is 1. The molecule has 2 atom stereocenters. The van der Waals surface area contributed by atoms with Crippen molar-refractivity contribution in [2.75, 3.05) is 26.2 Å². The van der Waals surface area contributed by atoms with Crippen molar-refractivity contribution < 1.29 is 13.2 Å². The lowest BCUT2D eigenvalue weighted by Gasteiger charge is -2.29. The molecule has 2 aliphatic rings. The molecule has 1 heterocycles. The fraction of sp³-hybridized carbons (Fsp3) is 1.00. The van der Waals surface area contributed by atoms with Crippen LogP contribution < -0.4 is 5.32 Å². The van der Waals surface area contributed by atoms with Gasteiger partial charge in [0.1, 0.15) is 0 Å². The van der Waals surface area contributed by atoms with E-state index in [4.69, 9.17) is 0 Å². The fourth-order valence-electron chi connectivity index (χ4n) is 3.63. The van der Waals surface area contributed by atoms with Gasteiger partial charge in [-0.15, -0.1) is 0 Å². The van der Waals surface area contributed by atoms with Gasteiger partial charge in [0.25, 0.3) is 0 Å². The van der Waals surface area contributed by atoms with Crippen molar-refractivity contribution in [1.82, 2.24) is 10.2 Å². The summed E-state index contributed by atoms with van der Waals surface area (Å²) < 4.78 is 37.0. The first-order valence-electron chi connectivity index (χ1n) is 7.96. The second kappa shape index (κ2) is 7.12. The Balaban J connectivity index is 1.65. The molecule has 0 spiro atoms. The summed E-state index contributed by atoms with van der Waals surface area (Å²) in [7, 11) is 0. The van der Waals surface area contributed by atoms with Crippen LogP contribution in [-0.2, 0) is 0 Å². The summed E-state index contributed by atoms with van der Waals surface area (Å²) >= 11 is 0. The highest BCUT2D eigenvalue weighted by Crippen LogP contribution is 2.27. The zero-order valence-corrected chi connectivity index (χ0v) is 12.4. The Morgan fingerprint density at radius 3 is 2.50 bits per heavy atom. The lowest BCUT2D eigenvalue weighted by Crippen LogP contribution is -2.39. The van der Waals surface area contributed by atoms with Gasteiger partial charge in [0.05, 0.1) is 6.54 Å². The van der Waals surface area contributed by atoms with Crippen LogP contribution in [0, 0.1) is 11.8 Å². The van der Waals surface area contributed by atoms with E-state index in [1.54, 1.807) is 0 Å². The number of nitrogens with one attached hydrogen (secondary N) is 1. The minimum Gasteiger partial charge on any atom is -0.314 e. The van der Waals surface area contributed by atoms with Gasteiger partial charge < -0.3 is 5.32 Å². The number of rotatable bonds is 5. The molecule has 118 valence electrons. The molecule has 0 aromatic rings. The lowest BCUT2D eigenvalue weighted by atomic mass is 9.84. The Hall–Kier alpha value is -0.290. The normalized spacial score (nSPS) is 27.9. The van der Waals surface area contributed by atoms with E-state index in [1.807, 2.05) is 0 Å². The number of halogens is 3. The summed E-state index contributed by atoms with van der Waals surface area (Å²) in [4.78, 5) is 1.54. The average Bonchev–Trinajstić information content (AvgIpc) is 2.82. The highest BCUT2D eigenvalue weighted by Gasteiger charge is 2.34. The molecule has 1 aliphatic heterocycles. The number of alkyl halides is 3. The summed E-state index contributed by atoms with van der Waals surface area (Å²) in [6, 6.07) is 0.506. The van der Waals surface area contributed by atoms with Gasteiger partial charge in [0.15, 0.2) is 0 Å². The van der Waals surface area contributed by atoms with Gasteiger partial charge in [-0.05, 0) is 51.1 Å². The van der Waals surface area contributed by atoms with E-state index in [-0.39, 0.29) is 0 Å². The SMILES string of the molecule is CC(NCC1CCN(CC(F)(F)F)C1)C1CCCCC1. The van der Waals surface area contributed by atoms with Crippen LogP contribution in [0.1, 0.15) is 45.4 Å². The smallest absolute Gasteiger partial charge is 0.314 e. The molecule has 2 fully saturated rings. The minimum atomic E-state index is -4.06. The second-order valence-corrected chi connectivity index (χ2v) is 6.60. The molecule has 2 nitrogen and oxygen atoms in total. The lowest BCUT2D eigenvalue weighted by molar-refractivity contribution is -0.143. The summed E-state index contributed by atoms with van der Waals surface area (Å²) in [5.41, 5.74) is 0. The number of hydrogen-bond donors (Lipinski definition) is 1. The van der Waals surface area contributed by atoms with Gasteiger partial charge in [0, 0.05) is 12.6 Å². The van der Waals surface area contributed by atoms with Crippen molar-refractivity contribution in [1.29, 1.82) is 0 Å². The Morgan fingerprint density at radius 1 is 1.15 bits per heavy atom. The molecule has 1 aliphatic carbocycles. The first kappa shape index (κ1) is 16.1. The molecule has 0 aromatic heterocycles. The fourth-order valence-corrected chi connectivity index (χ4v) is 3.63. The third kappa shape index (κ3) is 5.24. The zero-order valence-electron chi connectivity index (χ0n) is 12.4. The Bertz CT molecular complexity index is 287. The average molecular weight is 292 g/mol. The summed E-state index contributed by atoms with van der Waals surface area (Å²) in [5, 5.41) is 3.57. The van der Waals surface area contributed by atoms with Gasteiger partial charge >= 0.3 is 6.18 Å². The van der Waals surface area contributed by atoms with Crippen LogP contribution in [0.3, 0.4) is 0 Å². The van der Waals surface area contributed by atoms with E-state index in [0.717, 1.165) is 18.9 Å². The molecule has 1 saturated carbocycles. The maximum absolute atomic E-state index is 12.3. The number of likely N-dealkylation sites (tertiary alicyclic amines) is 1. The third-order valence-corrected chi connectivity index (χ3v) is 4.86. The van der Waals surface area contributed by atoms with Gasteiger partial charge in [-0.2, -0.15) is 13.2 Å². The van der Waals surface area contributed by atoms with Crippen molar-refractivity contribution in [3.63, 3.8) is 0 Å². The topological polar surface area (TPSA) is 15.3 Å². The largest absolute Gasteiger partial charge is 0.401 e. The van der Waals surface area contributed by atoms with Crippen LogP contribution in [0.5, 0.6) is 0 Å². The molecular formula is C15H27F3N2. The molecule has 20 heavy (non-hydrogen) atoms. The van der Waals surface area contributed by atoms with Crippen LogP contribution in [-0.4, -0.2) is 43.3 Å². The Morgan fingerprint density at radius 2 is 1.85 bits per heavy atom. The predicted molar refractivity (Wildman–Crippen MR) is 74.6 cm³/mol. The van der Waals surface area contributed by atoms with E-state index in [9.17, 15) is 13.2 Å². The molecule has 0 bridgehead atoms. The monoisotopic (exact) mass is 292 g/mol. The quantitative estimate of drug-likeness (QED) is 0.835. The van der Waals surface area contributed by atoms with Gasteiger partial charge in [-0.25, -0.2) is 0 Å². The third-order valence-electron chi connectivity index (χ3n) is 4.86. The van der Waals surface area contributed by atoms with Crippen molar-refractivity contribution in [3.8, 4) is 0 Å². The van der Waals surface area contributed by atoms with E-state index >= 15 is 0 Å². The van der Waals surface area contributed by atoms with Crippen molar-refractivity contribution in [2.45, 2.75) is 57.7 Å². The molecule has 0 radical (unpaired) electrons. The first-order valence-corrected chi connectivity index (χ1v) is 7.96. The highest BCUT2D eigenvalue weighted by atomic mass is 19.4. The summed E-state index contributed by atoms with van der Waals surface area (Å²) in [6.45, 7) is 3.53. The second-order valence-electron chi connectivity index (χ2n) is 6.60. The molecule has 5 heteroatoms. The predicted octanol–water partition coefficient (Wildman–Crippen LogP) is 3.43. The highest BCUT2D eigenvalue weighted by molar-refractivity contribution is 4.82. The minimum absolute atomic E-state index is 0.378. The molecule has 1 saturated heterocycles. The maximum Gasteiger partial charge on any atom is 0.401 e. The van der Waals surface area contributed by atoms with Gasteiger partial charge in [-0.3, -0.25) is 4.90 Å². The maximum atomic E-state index is 12.3. The number of hydrogen-bond acceptors (Lipinski definition) is 2. The van der Waals surface area contributed by atoms with Crippen molar-refractivity contribution in [3.05, 3.63) is 0 Å². The van der Waals surface area contributed by atoms with Gasteiger partial charge in [-0.1, -0.05) is 19.3 Å². The molecule has 2 unspecified atom stereocenters. The van der Waals surface area contributed by atoms with E-state index < -0.39 is 12.7 Å². The van der Waals surface area contributed by atoms with Gasteiger partial charge in [0.2, 0.25) is 0 Å². The van der Waals surface area contributed by atoms with Crippen LogP contribution in [0.2, 0.25) is 0 Å². The van der Waals surface area contributed by atoms with E-state index in [0.29, 0.717) is 25.0 Å². The van der Waals surface area contributed by atoms with Crippen LogP contribution in [0.15, 0.2) is 0 Å². The molecular weight excluding hydrogens is 265 g/mol. The van der Waals surface area contributed by atoms with Crippen molar-refractivity contribution >= 4 is 0 Å². The zero-order chi connectivity index (χ0) is 14.6. The molecule has 2 rings (SSSR count). The standard InChI is InChI=1S/C15H27F3N2/c1-12(14-5-3-2-4-6-14)19-9-13-7-8-20(10-13)11-15(16,17)18/h12-14,19H,2-11H2,1H3. The van der Waals surface area contributed by atoms with Crippen LogP contribution in [0.4, 0.5) is 13.2 Å². The van der Waals surface area contributed by atoms with E-state index in [1.165, 1.54) is 37.0 Å². The first-order chi connectivity index (χ1) is 9.44. The van der Waals surface area contributed by atoms with Crippen LogP contribution >= 0.6 is 0 Å². The van der Waals surface area contributed by atoms with Crippen molar-refractivity contribution in [2.24, 2.45) is 11.8 Å². The van der Waals surface area contributed by atoms with Crippen LogP contribution in [0.25, 0.3) is 0 Å². The molecule has 0 amide bonds. The molecule has 1 N–H and O–H groups in total. The Labute approximate surface area is 120 Å².